The van der Waals surface area contributed by atoms with Crippen molar-refractivity contribution in [1.82, 2.24) is 0 Å². The molecule has 6 heteroatoms. The summed E-state index contributed by atoms with van der Waals surface area (Å²) in [6.45, 7) is 6.54. The van der Waals surface area contributed by atoms with Gasteiger partial charge in [0.25, 0.3) is 0 Å². The molecular weight excluding hydrogens is 805 g/mol. The Balaban J connectivity index is 4.35. The second-order valence-electron chi connectivity index (χ2n) is 18.5. The Morgan fingerprint density at radius 1 is 0.308 bits per heavy atom. The van der Waals surface area contributed by atoms with E-state index in [1.165, 1.54) is 167 Å². The molecule has 0 aliphatic heterocycles. The van der Waals surface area contributed by atoms with Crippen LogP contribution in [-0.4, -0.2) is 37.2 Å². The minimum atomic E-state index is -0.788. The molecule has 0 rings (SSSR count). The van der Waals surface area contributed by atoms with E-state index in [-0.39, 0.29) is 31.1 Å². The predicted octanol–water partition coefficient (Wildman–Crippen LogP) is 18.4. The van der Waals surface area contributed by atoms with Crippen LogP contribution in [0.25, 0.3) is 0 Å². The van der Waals surface area contributed by atoms with Gasteiger partial charge in [-0.25, -0.2) is 0 Å². The Morgan fingerprint density at radius 3 is 0.954 bits per heavy atom. The van der Waals surface area contributed by atoms with Gasteiger partial charge in [0.2, 0.25) is 0 Å². The summed E-state index contributed by atoms with van der Waals surface area (Å²) in [4.78, 5) is 38.0. The molecular formula is C59H104O6. The Morgan fingerprint density at radius 2 is 0.569 bits per heavy atom. The monoisotopic (exact) mass is 909 g/mol. The van der Waals surface area contributed by atoms with E-state index >= 15 is 0 Å². The molecule has 0 bridgehead atoms. The minimum Gasteiger partial charge on any atom is -0.462 e. The van der Waals surface area contributed by atoms with Crippen molar-refractivity contribution >= 4 is 17.9 Å². The molecule has 376 valence electrons. The fraction of sp³-hybridized carbons (Fsp3) is 0.780. The standard InChI is InChI=1S/C59H104O6/c1-4-7-10-13-16-19-22-24-26-28-29-31-32-34-37-40-43-46-49-52-58(61)64-55-56(54-63-57(60)51-48-45-42-39-36-21-18-15-12-9-6-3)65-59(62)53-50-47-44-41-38-35-33-30-27-25-23-20-17-14-11-8-5-2/h15-16,18-19,21-22,24-25,27,36,56H,4-14,17,20,23,26,28-35,37-55H2,1-3H3/b18-15-,19-16-,24-22-,27-25-,36-21-. The van der Waals surface area contributed by atoms with Crippen LogP contribution in [0.5, 0.6) is 0 Å². The van der Waals surface area contributed by atoms with Crippen LogP contribution in [0.4, 0.5) is 0 Å². The number of unbranched alkanes of at least 4 members (excludes halogenated alkanes) is 31. The number of ether oxygens (including phenoxy) is 3. The molecule has 1 atom stereocenters. The van der Waals surface area contributed by atoms with Gasteiger partial charge in [0, 0.05) is 19.3 Å². The van der Waals surface area contributed by atoms with Gasteiger partial charge in [-0.3, -0.25) is 14.4 Å². The Kier molecular flexibility index (Phi) is 51.3. The van der Waals surface area contributed by atoms with Gasteiger partial charge in [-0.2, -0.15) is 0 Å². The highest BCUT2D eigenvalue weighted by Crippen LogP contribution is 2.15. The average Bonchev–Trinajstić information content (AvgIpc) is 3.30. The highest BCUT2D eigenvalue weighted by Gasteiger charge is 2.19. The maximum absolute atomic E-state index is 12.8. The van der Waals surface area contributed by atoms with E-state index in [0.29, 0.717) is 19.3 Å². The molecule has 0 heterocycles. The van der Waals surface area contributed by atoms with Crippen LogP contribution >= 0.6 is 0 Å². The van der Waals surface area contributed by atoms with E-state index in [1.807, 2.05) is 0 Å². The van der Waals surface area contributed by atoms with E-state index in [1.54, 1.807) is 0 Å². The van der Waals surface area contributed by atoms with Gasteiger partial charge >= 0.3 is 17.9 Å². The molecule has 0 N–H and O–H groups in total. The summed E-state index contributed by atoms with van der Waals surface area (Å²) in [5.74, 6) is -0.915. The third-order valence-electron chi connectivity index (χ3n) is 12.0. The number of hydrogen-bond acceptors (Lipinski definition) is 6. The van der Waals surface area contributed by atoms with Crippen LogP contribution in [0.1, 0.15) is 278 Å². The zero-order chi connectivity index (χ0) is 47.2. The smallest absolute Gasteiger partial charge is 0.306 e. The first-order valence-electron chi connectivity index (χ1n) is 27.8. The van der Waals surface area contributed by atoms with Gasteiger partial charge in [-0.15, -0.1) is 0 Å². The van der Waals surface area contributed by atoms with Crippen LogP contribution in [-0.2, 0) is 28.6 Å². The van der Waals surface area contributed by atoms with E-state index in [0.717, 1.165) is 70.6 Å². The molecule has 0 fully saturated rings. The lowest BCUT2D eigenvalue weighted by atomic mass is 10.1. The first-order valence-corrected chi connectivity index (χ1v) is 27.8. The topological polar surface area (TPSA) is 78.9 Å². The third-order valence-corrected chi connectivity index (χ3v) is 12.0. The average molecular weight is 909 g/mol. The van der Waals surface area contributed by atoms with Crippen LogP contribution in [0.3, 0.4) is 0 Å². The molecule has 0 spiro atoms. The first kappa shape index (κ1) is 62.1. The number of carbonyl (C=O) groups excluding carboxylic acids is 3. The van der Waals surface area contributed by atoms with E-state index < -0.39 is 6.10 Å². The molecule has 0 aliphatic carbocycles. The molecule has 0 saturated carbocycles. The van der Waals surface area contributed by atoms with Crippen molar-refractivity contribution < 1.29 is 28.6 Å². The molecule has 0 aromatic carbocycles. The number of rotatable bonds is 50. The van der Waals surface area contributed by atoms with Crippen molar-refractivity contribution in [2.45, 2.75) is 284 Å². The molecule has 0 aromatic heterocycles. The summed E-state index contributed by atoms with van der Waals surface area (Å²) >= 11 is 0. The molecule has 65 heavy (non-hydrogen) atoms. The molecule has 0 radical (unpaired) electrons. The molecule has 6 nitrogen and oxygen atoms in total. The molecule has 0 saturated heterocycles. The summed E-state index contributed by atoms with van der Waals surface area (Å²) in [7, 11) is 0. The zero-order valence-electron chi connectivity index (χ0n) is 43.0. The second kappa shape index (κ2) is 53.7. The summed E-state index contributed by atoms with van der Waals surface area (Å²) in [5, 5.41) is 0. The van der Waals surface area contributed by atoms with Crippen molar-refractivity contribution in [3.63, 3.8) is 0 Å². The fourth-order valence-corrected chi connectivity index (χ4v) is 7.76. The number of allylic oxidation sites excluding steroid dienone is 10. The second-order valence-corrected chi connectivity index (χ2v) is 18.5. The lowest BCUT2D eigenvalue weighted by Crippen LogP contribution is -2.30. The maximum Gasteiger partial charge on any atom is 0.306 e. The van der Waals surface area contributed by atoms with E-state index in [2.05, 4.69) is 81.5 Å². The predicted molar refractivity (Wildman–Crippen MR) is 279 cm³/mol. The SMILES string of the molecule is CCCC/C=C\C=C/CCCCCC(=O)OCC(COC(=O)CCCCCCCCCCCC/C=C\C=C/CCCCC)OC(=O)CCCCCCCCC/C=C\CCCCCCCC. The largest absolute Gasteiger partial charge is 0.462 e. The maximum atomic E-state index is 12.8. The number of carbonyl (C=O) groups is 3. The van der Waals surface area contributed by atoms with Crippen molar-refractivity contribution in [3.8, 4) is 0 Å². The Labute approximate surface area is 402 Å². The Hall–Kier alpha value is -2.89. The quantitative estimate of drug-likeness (QED) is 0.0199. The van der Waals surface area contributed by atoms with Crippen molar-refractivity contribution in [2.24, 2.45) is 0 Å². The van der Waals surface area contributed by atoms with Gasteiger partial charge in [0.1, 0.15) is 13.2 Å². The molecule has 0 aromatic rings. The zero-order valence-corrected chi connectivity index (χ0v) is 43.0. The Bertz CT molecular complexity index is 1180. The van der Waals surface area contributed by atoms with E-state index in [9.17, 15) is 14.4 Å². The highest BCUT2D eigenvalue weighted by atomic mass is 16.6. The number of hydrogen-bond donors (Lipinski definition) is 0. The lowest BCUT2D eigenvalue weighted by Gasteiger charge is -2.18. The van der Waals surface area contributed by atoms with Crippen molar-refractivity contribution in [1.29, 1.82) is 0 Å². The summed E-state index contributed by atoms with van der Waals surface area (Å²) in [6, 6.07) is 0. The van der Waals surface area contributed by atoms with Crippen molar-refractivity contribution in [2.75, 3.05) is 13.2 Å². The summed E-state index contributed by atoms with van der Waals surface area (Å²) in [6.07, 6.45) is 66.4. The van der Waals surface area contributed by atoms with Crippen LogP contribution in [0.15, 0.2) is 60.8 Å². The third kappa shape index (κ3) is 51.9. The summed E-state index contributed by atoms with van der Waals surface area (Å²) < 4.78 is 16.8. The van der Waals surface area contributed by atoms with Gasteiger partial charge in [0.05, 0.1) is 0 Å². The van der Waals surface area contributed by atoms with Gasteiger partial charge in [0.15, 0.2) is 6.10 Å². The van der Waals surface area contributed by atoms with Gasteiger partial charge < -0.3 is 14.2 Å². The van der Waals surface area contributed by atoms with Crippen LogP contribution < -0.4 is 0 Å². The normalized spacial score (nSPS) is 12.5. The molecule has 0 amide bonds. The molecule has 1 unspecified atom stereocenters. The number of esters is 3. The van der Waals surface area contributed by atoms with E-state index in [4.69, 9.17) is 14.2 Å². The first-order chi connectivity index (χ1) is 32.0. The summed E-state index contributed by atoms with van der Waals surface area (Å²) in [5.41, 5.74) is 0. The van der Waals surface area contributed by atoms with Crippen LogP contribution in [0.2, 0.25) is 0 Å². The minimum absolute atomic E-state index is 0.0855. The highest BCUT2D eigenvalue weighted by molar-refractivity contribution is 5.71. The fourth-order valence-electron chi connectivity index (χ4n) is 7.76. The molecule has 0 aliphatic rings. The van der Waals surface area contributed by atoms with Crippen molar-refractivity contribution in [3.05, 3.63) is 60.8 Å². The van der Waals surface area contributed by atoms with Crippen LogP contribution in [0, 0.1) is 0 Å². The van der Waals surface area contributed by atoms with Gasteiger partial charge in [-0.05, 0) is 89.9 Å². The van der Waals surface area contributed by atoms with Gasteiger partial charge in [-0.1, -0.05) is 229 Å². The lowest BCUT2D eigenvalue weighted by molar-refractivity contribution is -0.167.